The maximum atomic E-state index is 4.83. The van der Waals surface area contributed by atoms with Crippen LogP contribution < -0.4 is 10.2 Å². The summed E-state index contributed by atoms with van der Waals surface area (Å²) in [6.45, 7) is 5.27. The molecule has 2 aromatic heterocycles. The fourth-order valence-corrected chi connectivity index (χ4v) is 4.45. The zero-order valence-corrected chi connectivity index (χ0v) is 19.0. The van der Waals surface area contributed by atoms with Gasteiger partial charge in [-0.3, -0.25) is 0 Å². The van der Waals surface area contributed by atoms with E-state index in [9.17, 15) is 0 Å². The quantitative estimate of drug-likeness (QED) is 0.380. The van der Waals surface area contributed by atoms with Gasteiger partial charge in [0.15, 0.2) is 5.13 Å². The minimum Gasteiger partial charge on any atom is -0.374 e. The number of nitrogens with zero attached hydrogens (tertiary/aromatic N) is 4. The Morgan fingerprint density at radius 2 is 1.94 bits per heavy atom. The molecule has 31 heavy (non-hydrogen) atoms. The van der Waals surface area contributed by atoms with E-state index in [0.717, 1.165) is 45.9 Å². The number of hydrogen-bond acceptors (Lipinski definition) is 5. The average Bonchev–Trinajstić information content (AvgIpc) is 3.28. The molecule has 1 saturated carbocycles. The predicted molar refractivity (Wildman–Crippen MR) is 130 cm³/mol. The second-order valence-electron chi connectivity index (χ2n) is 8.46. The molecular weight excluding hydrogens is 402 g/mol. The maximum absolute atomic E-state index is 4.83. The molecule has 0 aliphatic heterocycles. The Balaban J connectivity index is 1.31. The van der Waals surface area contributed by atoms with Crippen LogP contribution in [0.1, 0.15) is 24.1 Å². The zero-order chi connectivity index (χ0) is 21.4. The lowest BCUT2D eigenvalue weighted by Gasteiger charge is -2.20. The van der Waals surface area contributed by atoms with Gasteiger partial charge in [-0.2, -0.15) is 0 Å². The van der Waals surface area contributed by atoms with Crippen LogP contribution in [-0.4, -0.2) is 28.1 Å². The summed E-state index contributed by atoms with van der Waals surface area (Å²) in [5.74, 6) is 0.869. The van der Waals surface area contributed by atoms with Crippen LogP contribution >= 0.6 is 11.3 Å². The number of imidazole rings is 1. The van der Waals surface area contributed by atoms with Gasteiger partial charge >= 0.3 is 0 Å². The van der Waals surface area contributed by atoms with Crippen molar-refractivity contribution < 1.29 is 0 Å². The molecule has 4 aromatic rings. The third-order valence-electron chi connectivity index (χ3n) is 5.81. The predicted octanol–water partition coefficient (Wildman–Crippen LogP) is 6.20. The number of rotatable bonds is 7. The molecule has 2 heterocycles. The summed E-state index contributed by atoms with van der Waals surface area (Å²) in [5.41, 5.74) is 7.80. The van der Waals surface area contributed by atoms with E-state index in [1.807, 2.05) is 24.0 Å². The lowest BCUT2D eigenvalue weighted by molar-refractivity contribution is 0.787. The number of benzene rings is 2. The summed E-state index contributed by atoms with van der Waals surface area (Å²) < 4.78 is 2.03. The van der Waals surface area contributed by atoms with Crippen molar-refractivity contribution in [2.45, 2.75) is 26.7 Å². The van der Waals surface area contributed by atoms with Crippen molar-refractivity contribution in [3.05, 3.63) is 71.6 Å². The molecule has 0 bridgehead atoms. The van der Waals surface area contributed by atoms with Crippen LogP contribution in [0.4, 0.5) is 16.5 Å². The van der Waals surface area contributed by atoms with Crippen LogP contribution in [0.5, 0.6) is 0 Å². The van der Waals surface area contributed by atoms with Gasteiger partial charge in [-0.1, -0.05) is 18.2 Å². The van der Waals surface area contributed by atoms with Crippen molar-refractivity contribution in [3.63, 3.8) is 0 Å². The molecular formula is C25H27N5S. The zero-order valence-electron chi connectivity index (χ0n) is 18.2. The highest BCUT2D eigenvalue weighted by Crippen LogP contribution is 2.33. The molecule has 6 heteroatoms. The minimum absolute atomic E-state index is 0.869. The minimum atomic E-state index is 0.869. The maximum Gasteiger partial charge on any atom is 0.187 e. The topological polar surface area (TPSA) is 46.0 Å². The van der Waals surface area contributed by atoms with Crippen molar-refractivity contribution in [1.82, 2.24) is 14.5 Å². The molecule has 2 aromatic carbocycles. The number of anilines is 3. The Morgan fingerprint density at radius 1 is 1.13 bits per heavy atom. The molecule has 1 aliphatic rings. The van der Waals surface area contributed by atoms with Crippen molar-refractivity contribution in [3.8, 4) is 16.9 Å². The Hall–Kier alpha value is -3.12. The summed E-state index contributed by atoms with van der Waals surface area (Å²) in [6.07, 6.45) is 6.60. The number of nitrogens with one attached hydrogen (secondary N) is 1. The Labute approximate surface area is 187 Å². The normalized spacial score (nSPS) is 13.4. The first-order valence-corrected chi connectivity index (χ1v) is 11.6. The van der Waals surface area contributed by atoms with Crippen molar-refractivity contribution >= 4 is 27.8 Å². The molecule has 0 saturated heterocycles. The first kappa shape index (κ1) is 19.8. The standard InChI is InChI=1S/C25H27N5S/c1-17-4-9-22(29(3)14-19-5-6-19)12-23(17)27-25-28-24(15-31-25)20-7-10-21(11-8-20)30-13-18(2)26-16-30/h4,7-13,15-16,19H,5-6,14H2,1-3H3,(H,27,28). The molecule has 0 spiro atoms. The summed E-state index contributed by atoms with van der Waals surface area (Å²) in [7, 11) is 2.18. The fraction of sp³-hybridized carbons (Fsp3) is 0.280. The summed E-state index contributed by atoms with van der Waals surface area (Å²) in [4.78, 5) is 11.5. The van der Waals surface area contributed by atoms with E-state index in [1.165, 1.54) is 24.1 Å². The fourth-order valence-electron chi connectivity index (χ4n) is 3.72. The van der Waals surface area contributed by atoms with Crippen LogP contribution in [0.25, 0.3) is 16.9 Å². The largest absolute Gasteiger partial charge is 0.374 e. The average molecular weight is 430 g/mol. The molecule has 1 fully saturated rings. The molecule has 1 N–H and O–H groups in total. The van der Waals surface area contributed by atoms with E-state index in [-0.39, 0.29) is 0 Å². The van der Waals surface area contributed by atoms with E-state index in [2.05, 4.69) is 77.0 Å². The van der Waals surface area contributed by atoms with Gasteiger partial charge in [0.05, 0.1) is 17.7 Å². The van der Waals surface area contributed by atoms with Crippen molar-refractivity contribution in [1.29, 1.82) is 0 Å². The highest BCUT2D eigenvalue weighted by atomic mass is 32.1. The lowest BCUT2D eigenvalue weighted by Crippen LogP contribution is -2.19. The van der Waals surface area contributed by atoms with Gasteiger partial charge in [-0.05, 0) is 62.4 Å². The Morgan fingerprint density at radius 3 is 2.65 bits per heavy atom. The van der Waals surface area contributed by atoms with Gasteiger partial charge in [0.25, 0.3) is 0 Å². The lowest BCUT2D eigenvalue weighted by atomic mass is 10.1. The Bertz CT molecular complexity index is 1190. The smallest absolute Gasteiger partial charge is 0.187 e. The highest BCUT2D eigenvalue weighted by molar-refractivity contribution is 7.14. The molecule has 5 nitrogen and oxygen atoms in total. The van der Waals surface area contributed by atoms with Crippen LogP contribution in [0.3, 0.4) is 0 Å². The van der Waals surface area contributed by atoms with Gasteiger partial charge in [-0.25, -0.2) is 9.97 Å². The molecule has 0 atom stereocenters. The third kappa shape index (κ3) is 4.49. The van der Waals surface area contributed by atoms with Crippen molar-refractivity contribution in [2.75, 3.05) is 23.8 Å². The molecule has 1 aliphatic carbocycles. The van der Waals surface area contributed by atoms with E-state index in [0.29, 0.717) is 0 Å². The van der Waals surface area contributed by atoms with Crippen LogP contribution in [0, 0.1) is 19.8 Å². The monoisotopic (exact) mass is 429 g/mol. The van der Waals surface area contributed by atoms with Crippen molar-refractivity contribution in [2.24, 2.45) is 5.92 Å². The van der Waals surface area contributed by atoms with Gasteiger partial charge in [-0.15, -0.1) is 11.3 Å². The third-order valence-corrected chi connectivity index (χ3v) is 6.57. The first-order valence-electron chi connectivity index (χ1n) is 10.7. The summed E-state index contributed by atoms with van der Waals surface area (Å²) >= 11 is 1.64. The SMILES string of the molecule is Cc1cn(-c2ccc(-c3csc(Nc4cc(N(C)CC5CC5)ccc4C)n3)cc2)cn1. The summed E-state index contributed by atoms with van der Waals surface area (Å²) in [6, 6.07) is 15.1. The Kier molecular flexibility index (Phi) is 5.24. The van der Waals surface area contributed by atoms with E-state index in [4.69, 9.17) is 4.98 Å². The van der Waals surface area contributed by atoms with E-state index >= 15 is 0 Å². The van der Waals surface area contributed by atoms with Gasteiger partial charge in [0.2, 0.25) is 0 Å². The second-order valence-corrected chi connectivity index (χ2v) is 9.31. The van der Waals surface area contributed by atoms with Gasteiger partial charge in [0, 0.05) is 47.8 Å². The molecule has 0 radical (unpaired) electrons. The van der Waals surface area contributed by atoms with Crippen LogP contribution in [0.2, 0.25) is 0 Å². The van der Waals surface area contributed by atoms with E-state index in [1.54, 1.807) is 11.3 Å². The number of hydrogen-bond donors (Lipinski definition) is 1. The number of aryl methyl sites for hydroxylation is 2. The number of aromatic nitrogens is 3. The molecule has 5 rings (SSSR count). The van der Waals surface area contributed by atoms with Gasteiger partial charge in [0.1, 0.15) is 0 Å². The van der Waals surface area contributed by atoms with Crippen LogP contribution in [0.15, 0.2) is 60.4 Å². The summed E-state index contributed by atoms with van der Waals surface area (Å²) in [5, 5.41) is 6.55. The van der Waals surface area contributed by atoms with E-state index < -0.39 is 0 Å². The van der Waals surface area contributed by atoms with Gasteiger partial charge < -0.3 is 14.8 Å². The van der Waals surface area contributed by atoms with Crippen LogP contribution in [-0.2, 0) is 0 Å². The molecule has 158 valence electrons. The number of thiazole rings is 1. The first-order chi connectivity index (χ1) is 15.0. The highest BCUT2D eigenvalue weighted by Gasteiger charge is 2.23. The molecule has 0 unspecified atom stereocenters. The second kappa shape index (κ2) is 8.19. The molecule has 0 amide bonds.